The van der Waals surface area contributed by atoms with Gasteiger partial charge in [0.2, 0.25) is 5.91 Å². The zero-order valence-electron chi connectivity index (χ0n) is 15.0. The van der Waals surface area contributed by atoms with Crippen LogP contribution < -0.4 is 0 Å². The van der Waals surface area contributed by atoms with E-state index in [0.717, 1.165) is 18.4 Å². The fourth-order valence-corrected chi connectivity index (χ4v) is 3.33. The Morgan fingerprint density at radius 1 is 1.23 bits per heavy atom. The lowest BCUT2D eigenvalue weighted by Crippen LogP contribution is -2.46. The second-order valence-electron chi connectivity index (χ2n) is 6.79. The second-order valence-corrected chi connectivity index (χ2v) is 6.79. The molecule has 136 valence electrons. The van der Waals surface area contributed by atoms with Gasteiger partial charge < -0.3 is 4.90 Å². The average molecular weight is 352 g/mol. The van der Waals surface area contributed by atoms with Gasteiger partial charge in [-0.2, -0.15) is 0 Å². The zero-order chi connectivity index (χ0) is 18.4. The molecule has 6 nitrogen and oxygen atoms in total. The highest BCUT2D eigenvalue weighted by molar-refractivity contribution is 5.96. The van der Waals surface area contributed by atoms with Gasteiger partial charge in [-0.3, -0.25) is 24.5 Å². The fourth-order valence-electron chi connectivity index (χ4n) is 3.33. The summed E-state index contributed by atoms with van der Waals surface area (Å²) < 4.78 is 0. The smallest absolute Gasteiger partial charge is 0.236 e. The number of piperidine rings is 1. The molecular weight excluding hydrogens is 328 g/mol. The van der Waals surface area contributed by atoms with Gasteiger partial charge in [-0.05, 0) is 43.7 Å². The van der Waals surface area contributed by atoms with Crippen LogP contribution in [-0.2, 0) is 11.3 Å². The van der Waals surface area contributed by atoms with Gasteiger partial charge in [-0.25, -0.2) is 0 Å². The van der Waals surface area contributed by atoms with E-state index in [0.29, 0.717) is 31.9 Å². The van der Waals surface area contributed by atoms with E-state index in [1.54, 1.807) is 24.5 Å². The lowest BCUT2D eigenvalue weighted by atomic mass is 9.92. The topological polar surface area (TPSA) is 66.4 Å². The highest BCUT2D eigenvalue weighted by Crippen LogP contribution is 2.20. The van der Waals surface area contributed by atoms with E-state index in [1.165, 1.54) is 0 Å². The van der Waals surface area contributed by atoms with Crippen molar-refractivity contribution in [2.24, 2.45) is 5.92 Å². The summed E-state index contributed by atoms with van der Waals surface area (Å²) in [5.41, 5.74) is 1.56. The summed E-state index contributed by atoms with van der Waals surface area (Å²) in [6.07, 6.45) is 6.84. The van der Waals surface area contributed by atoms with Crippen LogP contribution in [0.25, 0.3) is 0 Å². The Bertz CT molecular complexity index is 736. The first kappa shape index (κ1) is 18.2. The number of Topliss-reactive ketones (excluding diaryl/α,β-unsaturated/α-hetero) is 1. The minimum atomic E-state index is -0.161. The number of carbonyl (C=O) groups excluding carboxylic acids is 2. The predicted molar refractivity (Wildman–Crippen MR) is 98.4 cm³/mol. The molecule has 0 radical (unpaired) electrons. The number of nitrogens with zero attached hydrogens (tertiary/aromatic N) is 4. The first-order valence-corrected chi connectivity index (χ1v) is 8.94. The van der Waals surface area contributed by atoms with Gasteiger partial charge >= 0.3 is 0 Å². The first-order valence-electron chi connectivity index (χ1n) is 8.94. The second kappa shape index (κ2) is 8.67. The van der Waals surface area contributed by atoms with Crippen LogP contribution >= 0.6 is 0 Å². The lowest BCUT2D eigenvalue weighted by molar-refractivity contribution is -0.133. The Morgan fingerprint density at radius 3 is 2.85 bits per heavy atom. The van der Waals surface area contributed by atoms with E-state index < -0.39 is 0 Å². The van der Waals surface area contributed by atoms with E-state index >= 15 is 0 Å². The number of pyridine rings is 2. The first-order chi connectivity index (χ1) is 12.6. The van der Waals surface area contributed by atoms with E-state index in [1.807, 2.05) is 41.2 Å². The van der Waals surface area contributed by atoms with Gasteiger partial charge in [0.05, 0.1) is 6.54 Å². The summed E-state index contributed by atoms with van der Waals surface area (Å²) in [6.45, 7) is 2.20. The third-order valence-corrected chi connectivity index (χ3v) is 4.64. The Morgan fingerprint density at radius 2 is 2.12 bits per heavy atom. The molecule has 6 heteroatoms. The van der Waals surface area contributed by atoms with Gasteiger partial charge in [0.15, 0.2) is 5.78 Å². The van der Waals surface area contributed by atoms with Gasteiger partial charge in [-0.1, -0.05) is 12.1 Å². The predicted octanol–water partition coefficient (Wildman–Crippen LogP) is 2.03. The number of carbonyl (C=O) groups is 2. The lowest BCUT2D eigenvalue weighted by Gasteiger charge is -2.33. The van der Waals surface area contributed by atoms with Gasteiger partial charge in [0.25, 0.3) is 0 Å². The van der Waals surface area contributed by atoms with Gasteiger partial charge in [0, 0.05) is 44.1 Å². The van der Waals surface area contributed by atoms with Crippen molar-refractivity contribution in [3.05, 3.63) is 60.2 Å². The molecule has 1 fully saturated rings. The maximum atomic E-state index is 12.6. The third kappa shape index (κ3) is 4.73. The molecule has 1 atom stereocenters. The number of rotatable bonds is 6. The molecule has 0 spiro atoms. The molecular formula is C20H24N4O2. The number of hydrogen-bond acceptors (Lipinski definition) is 5. The maximum Gasteiger partial charge on any atom is 0.236 e. The molecule has 3 rings (SSSR count). The SMILES string of the molecule is CN(CC(=O)N1CCC[C@@H](C(=O)c2ccccn2)C1)Cc1cccnc1. The number of amides is 1. The van der Waals surface area contributed by atoms with Crippen LogP contribution in [-0.4, -0.2) is 58.1 Å². The molecule has 2 aromatic rings. The summed E-state index contributed by atoms with van der Waals surface area (Å²) >= 11 is 0. The minimum Gasteiger partial charge on any atom is -0.341 e. The van der Waals surface area contributed by atoms with Crippen molar-refractivity contribution in [2.75, 3.05) is 26.7 Å². The van der Waals surface area contributed by atoms with Crippen LogP contribution in [0.3, 0.4) is 0 Å². The Kier molecular flexibility index (Phi) is 6.07. The largest absolute Gasteiger partial charge is 0.341 e. The van der Waals surface area contributed by atoms with Crippen LogP contribution in [0.1, 0.15) is 28.9 Å². The average Bonchev–Trinajstić information content (AvgIpc) is 2.69. The van der Waals surface area contributed by atoms with Gasteiger partial charge in [-0.15, -0.1) is 0 Å². The summed E-state index contributed by atoms with van der Waals surface area (Å²) in [6, 6.07) is 9.25. The van der Waals surface area contributed by atoms with Crippen molar-refractivity contribution < 1.29 is 9.59 Å². The van der Waals surface area contributed by atoms with E-state index in [4.69, 9.17) is 0 Å². The Labute approximate surface area is 153 Å². The molecule has 1 amide bonds. The summed E-state index contributed by atoms with van der Waals surface area (Å²) in [4.78, 5) is 37.3. The quantitative estimate of drug-likeness (QED) is 0.744. The summed E-state index contributed by atoms with van der Waals surface area (Å²) in [5, 5.41) is 0. The van der Waals surface area contributed by atoms with Crippen molar-refractivity contribution in [1.82, 2.24) is 19.8 Å². The maximum absolute atomic E-state index is 12.6. The molecule has 0 N–H and O–H groups in total. The Hall–Kier alpha value is -2.60. The van der Waals surface area contributed by atoms with Crippen LogP contribution in [0.15, 0.2) is 48.9 Å². The van der Waals surface area contributed by atoms with E-state index in [2.05, 4.69) is 9.97 Å². The summed E-state index contributed by atoms with van der Waals surface area (Å²) in [7, 11) is 1.92. The van der Waals surface area contributed by atoms with Crippen molar-refractivity contribution in [2.45, 2.75) is 19.4 Å². The third-order valence-electron chi connectivity index (χ3n) is 4.64. The molecule has 0 bridgehead atoms. The molecule has 0 aliphatic carbocycles. The molecule has 0 aromatic carbocycles. The van der Waals surface area contributed by atoms with Crippen molar-refractivity contribution in [3.8, 4) is 0 Å². The van der Waals surface area contributed by atoms with Crippen molar-refractivity contribution in [1.29, 1.82) is 0 Å². The summed E-state index contributed by atoms with van der Waals surface area (Å²) in [5.74, 6) is -0.0621. The number of aromatic nitrogens is 2. The number of likely N-dealkylation sites (tertiary alicyclic amines) is 1. The van der Waals surface area contributed by atoms with Crippen LogP contribution in [0.2, 0.25) is 0 Å². The molecule has 2 aromatic heterocycles. The number of hydrogen-bond donors (Lipinski definition) is 0. The normalized spacial score (nSPS) is 17.3. The molecule has 26 heavy (non-hydrogen) atoms. The molecule has 1 aliphatic rings. The minimum absolute atomic E-state index is 0.0341. The van der Waals surface area contributed by atoms with Crippen LogP contribution in [0, 0.1) is 5.92 Å². The zero-order valence-corrected chi connectivity index (χ0v) is 15.0. The molecule has 1 aliphatic heterocycles. The monoisotopic (exact) mass is 352 g/mol. The number of likely N-dealkylation sites (N-methyl/N-ethyl adjacent to an activating group) is 1. The highest BCUT2D eigenvalue weighted by Gasteiger charge is 2.29. The van der Waals surface area contributed by atoms with Crippen LogP contribution in [0.4, 0.5) is 0 Å². The Balaban J connectivity index is 1.55. The molecule has 0 saturated carbocycles. The van der Waals surface area contributed by atoms with Crippen molar-refractivity contribution >= 4 is 11.7 Å². The molecule has 0 unspecified atom stereocenters. The molecule has 1 saturated heterocycles. The van der Waals surface area contributed by atoms with E-state index in [-0.39, 0.29) is 17.6 Å². The van der Waals surface area contributed by atoms with Crippen LogP contribution in [0.5, 0.6) is 0 Å². The highest BCUT2D eigenvalue weighted by atomic mass is 16.2. The van der Waals surface area contributed by atoms with Gasteiger partial charge in [0.1, 0.15) is 5.69 Å². The molecule has 3 heterocycles. The van der Waals surface area contributed by atoms with Crippen molar-refractivity contribution in [3.63, 3.8) is 0 Å². The fraction of sp³-hybridized carbons (Fsp3) is 0.400. The number of ketones is 1. The van der Waals surface area contributed by atoms with E-state index in [9.17, 15) is 9.59 Å². The standard InChI is InChI=1S/C20H24N4O2/c1-23(13-16-6-4-9-21-12-16)15-19(25)24-11-5-7-17(14-24)20(26)18-8-2-3-10-22-18/h2-4,6,8-10,12,17H,5,7,11,13-15H2,1H3/t17-/m1/s1.